The Kier molecular flexibility index (Phi) is 12.2. The smallest absolute Gasteiger partial charge is 0.187 e. The van der Waals surface area contributed by atoms with Gasteiger partial charge >= 0.3 is 0 Å². The topological polar surface area (TPSA) is 317 Å². The average Bonchev–Trinajstić information content (AvgIpc) is 3.21. The highest BCUT2D eigenvalue weighted by Crippen LogP contribution is 2.35. The maximum atomic E-state index is 11.3. The highest BCUT2D eigenvalue weighted by molar-refractivity contribution is 5.04. The maximum absolute atomic E-state index is 11.3. The van der Waals surface area contributed by atoms with E-state index in [-0.39, 0.29) is 13.0 Å². The average molecular weight is 589 g/mol. The minimum atomic E-state index is -1.73. The van der Waals surface area contributed by atoms with Crippen molar-refractivity contribution in [2.75, 3.05) is 13.1 Å². The summed E-state index contributed by atoms with van der Waals surface area (Å²) in [5.74, 6) is 0. The Bertz CT molecular complexity index is 1010. The van der Waals surface area contributed by atoms with Crippen LogP contribution in [0.5, 0.6) is 0 Å². The summed E-state index contributed by atoms with van der Waals surface area (Å²) in [5.41, 5.74) is 27.0. The Hall–Kier alpha value is -2.51. The molecule has 15 atom stereocenters. The van der Waals surface area contributed by atoms with Gasteiger partial charge in [0, 0.05) is 20.8 Å². The van der Waals surface area contributed by atoms with E-state index in [9.17, 15) is 36.2 Å². The fraction of sp³-hybridized carbons (Fsp3) is 1.00. The molecule has 0 bridgehead atoms. The highest BCUT2D eigenvalue weighted by atomic mass is 16.7. The molecule has 0 aromatic carbocycles. The number of hydrogen-bond donors (Lipinski definition) is 7. The maximum Gasteiger partial charge on any atom is 0.187 e. The molecule has 3 fully saturated rings. The molecule has 7 N–H and O–H groups in total. The summed E-state index contributed by atoms with van der Waals surface area (Å²) in [5, 5.41) is 77.1. The van der Waals surface area contributed by atoms with Crippen molar-refractivity contribution in [1.29, 1.82) is 0 Å². The summed E-state index contributed by atoms with van der Waals surface area (Å²) in [7, 11) is 0. The molecule has 20 heteroatoms. The largest absolute Gasteiger partial charge is 0.391 e. The molecular formula is C21H36N10O10. The SMILES string of the molecule is CCCN[C@@H]1CC(N=[N+]=[N-])[C@@H](O[C@H]2OC([C@@H](C)O)[C@@H](O)C(O)C2N=[N+]=[N-])C(OC2O[C@H](CN=[N+]=[N-])C(O)C2O)[C@@H]1O. The first-order valence-corrected chi connectivity index (χ1v) is 13.1. The van der Waals surface area contributed by atoms with E-state index in [2.05, 4.69) is 35.4 Å². The molecule has 3 rings (SSSR count). The van der Waals surface area contributed by atoms with Gasteiger partial charge in [-0.2, -0.15) is 0 Å². The van der Waals surface area contributed by atoms with Crippen molar-refractivity contribution in [3.63, 3.8) is 0 Å². The second-order valence-electron chi connectivity index (χ2n) is 10.1. The summed E-state index contributed by atoms with van der Waals surface area (Å²) >= 11 is 0. The van der Waals surface area contributed by atoms with Crippen molar-refractivity contribution in [3.8, 4) is 0 Å². The van der Waals surface area contributed by atoms with Crippen molar-refractivity contribution >= 4 is 0 Å². The van der Waals surface area contributed by atoms with Gasteiger partial charge in [-0.25, -0.2) is 0 Å². The molecule has 0 amide bonds. The van der Waals surface area contributed by atoms with E-state index in [0.29, 0.717) is 13.0 Å². The van der Waals surface area contributed by atoms with Crippen molar-refractivity contribution in [1.82, 2.24) is 5.32 Å². The Labute approximate surface area is 233 Å². The van der Waals surface area contributed by atoms with E-state index in [4.69, 9.17) is 30.0 Å². The zero-order chi connectivity index (χ0) is 30.3. The molecule has 3 aliphatic rings. The van der Waals surface area contributed by atoms with Crippen molar-refractivity contribution in [3.05, 3.63) is 31.3 Å². The number of hydrogen-bond acceptors (Lipinski definition) is 14. The van der Waals surface area contributed by atoms with Crippen molar-refractivity contribution < 1.29 is 49.6 Å². The van der Waals surface area contributed by atoms with Gasteiger partial charge in [0.15, 0.2) is 12.6 Å². The second kappa shape index (κ2) is 15.1. The lowest BCUT2D eigenvalue weighted by atomic mass is 9.83. The normalized spacial score (nSPS) is 43.3. The minimum absolute atomic E-state index is 0.0376. The Morgan fingerprint density at radius 1 is 0.878 bits per heavy atom. The second-order valence-corrected chi connectivity index (χ2v) is 10.1. The van der Waals surface area contributed by atoms with Gasteiger partial charge in [-0.05, 0) is 42.9 Å². The van der Waals surface area contributed by atoms with Gasteiger partial charge < -0.3 is 54.9 Å². The predicted octanol–water partition coefficient (Wildman–Crippen LogP) is -1.17. The number of ether oxygens (including phenoxy) is 4. The van der Waals surface area contributed by atoms with Gasteiger partial charge in [0.25, 0.3) is 0 Å². The number of azide groups is 3. The first-order chi connectivity index (χ1) is 19.6. The van der Waals surface area contributed by atoms with Crippen LogP contribution in [0.3, 0.4) is 0 Å². The van der Waals surface area contributed by atoms with Gasteiger partial charge in [-0.3, -0.25) is 0 Å². The minimum Gasteiger partial charge on any atom is -0.391 e. The molecule has 0 aromatic rings. The summed E-state index contributed by atoms with van der Waals surface area (Å²) in [6.07, 6.45) is -17.0. The van der Waals surface area contributed by atoms with Crippen LogP contribution < -0.4 is 5.32 Å². The van der Waals surface area contributed by atoms with Crippen LogP contribution in [-0.4, -0.2) is 135 Å². The predicted molar refractivity (Wildman–Crippen MR) is 135 cm³/mol. The van der Waals surface area contributed by atoms with Crippen LogP contribution >= 0.6 is 0 Å². The summed E-state index contributed by atoms with van der Waals surface area (Å²) in [6.45, 7) is 3.35. The Morgan fingerprint density at radius 3 is 2.17 bits per heavy atom. The van der Waals surface area contributed by atoms with E-state index >= 15 is 0 Å². The van der Waals surface area contributed by atoms with Gasteiger partial charge in [0.1, 0.15) is 36.6 Å². The lowest BCUT2D eigenvalue weighted by Gasteiger charge is -2.48. The Balaban J connectivity index is 1.97. The van der Waals surface area contributed by atoms with E-state index < -0.39 is 91.7 Å². The number of nitrogens with one attached hydrogen (secondary N) is 1. The third-order valence-corrected chi connectivity index (χ3v) is 7.30. The lowest BCUT2D eigenvalue weighted by molar-refractivity contribution is -0.315. The fourth-order valence-electron chi connectivity index (χ4n) is 5.19. The molecule has 2 aliphatic heterocycles. The first kappa shape index (κ1) is 33.0. The van der Waals surface area contributed by atoms with Gasteiger partial charge in [0.05, 0.1) is 43.1 Å². The molecule has 1 saturated carbocycles. The summed E-state index contributed by atoms with van der Waals surface area (Å²) in [6, 6.07) is -3.29. The van der Waals surface area contributed by atoms with Crippen LogP contribution in [0.2, 0.25) is 0 Å². The quantitative estimate of drug-likeness (QED) is 0.0809. The summed E-state index contributed by atoms with van der Waals surface area (Å²) < 4.78 is 23.2. The third-order valence-electron chi connectivity index (χ3n) is 7.30. The fourth-order valence-corrected chi connectivity index (χ4v) is 5.19. The molecule has 20 nitrogen and oxygen atoms in total. The van der Waals surface area contributed by atoms with Gasteiger partial charge in [-0.15, -0.1) is 0 Å². The first-order valence-electron chi connectivity index (χ1n) is 13.1. The standard InChI is InChI=1S/C21H36N10O10/c1-3-4-25-8-5-9(27-30-23)18(40-20-11(28-31-24)14(35)15(36)17(39-20)7(2)32)19(12(8)33)41-21-16(37)13(34)10(38-21)6-26-29-22/h7-21,25,32-37H,3-6H2,1-2H3/t7-,8-,9?,10-,11?,12-,13?,14?,15+,16?,17?,18-,19?,20-,21?/m1/s1. The van der Waals surface area contributed by atoms with E-state index in [1.54, 1.807) is 0 Å². The molecule has 230 valence electrons. The highest BCUT2D eigenvalue weighted by Gasteiger charge is 2.53. The molecule has 0 radical (unpaired) electrons. The number of rotatable bonds is 12. The molecule has 41 heavy (non-hydrogen) atoms. The zero-order valence-electron chi connectivity index (χ0n) is 22.3. The summed E-state index contributed by atoms with van der Waals surface area (Å²) in [4.78, 5) is 8.14. The van der Waals surface area contributed by atoms with Crippen molar-refractivity contribution in [2.45, 2.75) is 118 Å². The van der Waals surface area contributed by atoms with E-state index in [1.165, 1.54) is 6.92 Å². The van der Waals surface area contributed by atoms with Crippen LogP contribution in [0.25, 0.3) is 31.3 Å². The van der Waals surface area contributed by atoms with E-state index in [0.717, 1.165) is 0 Å². The van der Waals surface area contributed by atoms with Crippen molar-refractivity contribution in [2.24, 2.45) is 15.3 Å². The molecular weight excluding hydrogens is 552 g/mol. The molecule has 2 heterocycles. The molecule has 2 saturated heterocycles. The molecule has 0 aromatic heterocycles. The van der Waals surface area contributed by atoms with Crippen LogP contribution in [0.1, 0.15) is 26.7 Å². The van der Waals surface area contributed by atoms with Crippen LogP contribution in [0, 0.1) is 0 Å². The monoisotopic (exact) mass is 588 g/mol. The number of aliphatic hydroxyl groups is 6. The number of aliphatic hydroxyl groups excluding tert-OH is 6. The van der Waals surface area contributed by atoms with Crippen LogP contribution in [0.15, 0.2) is 15.3 Å². The molecule has 8 unspecified atom stereocenters. The molecule has 0 spiro atoms. The molecule has 1 aliphatic carbocycles. The van der Waals surface area contributed by atoms with Gasteiger partial charge in [0.2, 0.25) is 0 Å². The Morgan fingerprint density at radius 2 is 1.56 bits per heavy atom. The van der Waals surface area contributed by atoms with Crippen LogP contribution in [-0.2, 0) is 18.9 Å². The van der Waals surface area contributed by atoms with Crippen LogP contribution in [0.4, 0.5) is 0 Å². The number of nitrogens with zero attached hydrogens (tertiary/aromatic N) is 9. The third kappa shape index (κ3) is 7.47. The van der Waals surface area contributed by atoms with E-state index in [1.807, 2.05) is 6.92 Å². The lowest BCUT2D eigenvalue weighted by Crippen LogP contribution is -2.65. The zero-order valence-corrected chi connectivity index (χ0v) is 22.3. The van der Waals surface area contributed by atoms with Gasteiger partial charge in [-0.1, -0.05) is 22.3 Å².